The first-order chi connectivity index (χ1) is 13.3. The number of carbonyl (C=O) groups is 3. The summed E-state index contributed by atoms with van der Waals surface area (Å²) >= 11 is 2.35. The number of imide groups is 1. The van der Waals surface area contributed by atoms with Gasteiger partial charge in [-0.25, -0.2) is 8.42 Å². The Morgan fingerprint density at radius 2 is 2.14 bits per heavy atom. The summed E-state index contributed by atoms with van der Waals surface area (Å²) in [5.41, 5.74) is 0. The van der Waals surface area contributed by atoms with Crippen LogP contribution in [0.4, 0.5) is 4.79 Å². The van der Waals surface area contributed by atoms with Gasteiger partial charge in [-0.05, 0) is 42.1 Å². The molecule has 0 spiro atoms. The fourth-order valence-corrected chi connectivity index (χ4v) is 5.88. The van der Waals surface area contributed by atoms with Gasteiger partial charge in [0.15, 0.2) is 0 Å². The minimum Gasteiger partial charge on any atom is -0.353 e. The number of piperidine rings is 1. The Hall–Kier alpha value is -1.69. The lowest BCUT2D eigenvalue weighted by Gasteiger charge is -2.32. The van der Waals surface area contributed by atoms with Crippen LogP contribution in [0.25, 0.3) is 6.08 Å². The zero-order valence-electron chi connectivity index (χ0n) is 15.3. The third-order valence-corrected chi connectivity index (χ3v) is 7.52. The molecule has 0 radical (unpaired) electrons. The molecule has 3 heterocycles. The average molecular weight is 444 g/mol. The van der Waals surface area contributed by atoms with Gasteiger partial charge < -0.3 is 5.32 Å². The van der Waals surface area contributed by atoms with Crippen molar-refractivity contribution in [3.63, 3.8) is 0 Å². The van der Waals surface area contributed by atoms with Crippen LogP contribution < -0.4 is 5.32 Å². The second kappa shape index (κ2) is 8.76. The van der Waals surface area contributed by atoms with Gasteiger partial charge in [-0.2, -0.15) is 4.31 Å². The molecular weight excluding hydrogens is 422 g/mol. The van der Waals surface area contributed by atoms with Gasteiger partial charge in [0, 0.05) is 24.5 Å². The molecule has 0 bridgehead atoms. The predicted octanol–water partition coefficient (Wildman–Crippen LogP) is 1.71. The summed E-state index contributed by atoms with van der Waals surface area (Å²) in [5, 5.41) is 4.17. The summed E-state index contributed by atoms with van der Waals surface area (Å²) in [6.07, 6.45) is 4.74. The molecule has 0 saturated carbocycles. The van der Waals surface area contributed by atoms with Crippen LogP contribution in [-0.4, -0.2) is 66.6 Å². The smallest absolute Gasteiger partial charge is 0.293 e. The van der Waals surface area contributed by atoms with E-state index in [0.29, 0.717) is 17.9 Å². The van der Waals surface area contributed by atoms with Crippen LogP contribution in [0, 0.1) is 0 Å². The van der Waals surface area contributed by atoms with Gasteiger partial charge in [-0.3, -0.25) is 19.3 Å². The standard InChI is InChI=1S/C17H21N3O5S3/c1-28(24,25)20-8-3-2-6-13(20)15(21)18-7-9-19-16(22)14(27-17(19)23)11-12-5-4-10-26-12/h4-5,10-11,13H,2-3,6-9H2,1H3,(H,18,21)/b14-11+. The lowest BCUT2D eigenvalue weighted by atomic mass is 10.0. The van der Waals surface area contributed by atoms with E-state index in [1.807, 2.05) is 17.5 Å². The Labute approximate surface area is 172 Å². The number of hydrogen-bond donors (Lipinski definition) is 1. The van der Waals surface area contributed by atoms with Gasteiger partial charge in [-0.1, -0.05) is 12.5 Å². The molecule has 11 heteroatoms. The minimum absolute atomic E-state index is 0.0454. The third kappa shape index (κ3) is 4.83. The van der Waals surface area contributed by atoms with Crippen molar-refractivity contribution in [2.75, 3.05) is 25.9 Å². The van der Waals surface area contributed by atoms with Crippen LogP contribution in [-0.2, 0) is 19.6 Å². The van der Waals surface area contributed by atoms with Gasteiger partial charge in [0.05, 0.1) is 11.2 Å². The number of hydrogen-bond acceptors (Lipinski definition) is 7. The maximum Gasteiger partial charge on any atom is 0.293 e. The van der Waals surface area contributed by atoms with Gasteiger partial charge in [-0.15, -0.1) is 11.3 Å². The Bertz CT molecular complexity index is 895. The summed E-state index contributed by atoms with van der Waals surface area (Å²) in [4.78, 5) is 39.3. The quantitative estimate of drug-likeness (QED) is 0.672. The van der Waals surface area contributed by atoms with E-state index in [0.717, 1.165) is 40.6 Å². The molecule has 8 nitrogen and oxygen atoms in total. The second-order valence-corrected chi connectivity index (χ2v) is 10.4. The normalized spacial score (nSPS) is 22.8. The Kier molecular flexibility index (Phi) is 6.58. The average Bonchev–Trinajstić information content (AvgIpc) is 3.24. The Balaban J connectivity index is 1.56. The summed E-state index contributed by atoms with van der Waals surface area (Å²) in [6.45, 7) is 0.453. The molecule has 3 amide bonds. The molecule has 0 aliphatic carbocycles. The number of rotatable bonds is 6. The number of carbonyl (C=O) groups excluding carboxylic acids is 3. The summed E-state index contributed by atoms with van der Waals surface area (Å²) in [7, 11) is -3.47. The highest BCUT2D eigenvalue weighted by atomic mass is 32.2. The fourth-order valence-electron chi connectivity index (χ4n) is 3.17. The molecule has 2 fully saturated rings. The number of sulfonamides is 1. The van der Waals surface area contributed by atoms with E-state index >= 15 is 0 Å². The van der Waals surface area contributed by atoms with E-state index in [1.165, 1.54) is 15.6 Å². The van der Waals surface area contributed by atoms with Crippen molar-refractivity contribution in [3.8, 4) is 0 Å². The van der Waals surface area contributed by atoms with E-state index in [4.69, 9.17) is 0 Å². The Morgan fingerprint density at radius 3 is 2.82 bits per heavy atom. The highest BCUT2D eigenvalue weighted by molar-refractivity contribution is 8.18. The first-order valence-corrected chi connectivity index (χ1v) is 12.4. The molecule has 0 aromatic carbocycles. The van der Waals surface area contributed by atoms with E-state index in [9.17, 15) is 22.8 Å². The second-order valence-electron chi connectivity index (χ2n) is 6.53. The molecule has 28 heavy (non-hydrogen) atoms. The predicted molar refractivity (Wildman–Crippen MR) is 109 cm³/mol. The minimum atomic E-state index is -3.47. The van der Waals surface area contributed by atoms with Crippen LogP contribution in [0.15, 0.2) is 22.4 Å². The van der Waals surface area contributed by atoms with Crippen molar-refractivity contribution < 1.29 is 22.8 Å². The molecule has 3 rings (SSSR count). The number of amides is 3. The fraction of sp³-hybridized carbons (Fsp3) is 0.471. The zero-order valence-corrected chi connectivity index (χ0v) is 17.7. The number of nitrogens with one attached hydrogen (secondary N) is 1. The highest BCUT2D eigenvalue weighted by Gasteiger charge is 2.36. The number of thioether (sulfide) groups is 1. The molecule has 2 aliphatic rings. The first kappa shape index (κ1) is 21.0. The largest absolute Gasteiger partial charge is 0.353 e. The lowest BCUT2D eigenvalue weighted by Crippen LogP contribution is -2.52. The zero-order chi connectivity index (χ0) is 20.3. The van der Waals surface area contributed by atoms with Crippen LogP contribution in [0.1, 0.15) is 24.1 Å². The molecule has 1 unspecified atom stereocenters. The van der Waals surface area contributed by atoms with Gasteiger partial charge in [0.2, 0.25) is 15.9 Å². The molecule has 1 aromatic rings. The lowest BCUT2D eigenvalue weighted by molar-refractivity contribution is -0.126. The van der Waals surface area contributed by atoms with Gasteiger partial charge >= 0.3 is 0 Å². The molecule has 1 N–H and O–H groups in total. The van der Waals surface area contributed by atoms with Gasteiger partial charge in [0.25, 0.3) is 11.1 Å². The molecule has 2 saturated heterocycles. The molecular formula is C17H21N3O5S3. The molecule has 1 aromatic heterocycles. The van der Waals surface area contributed by atoms with Crippen molar-refractivity contribution in [2.24, 2.45) is 0 Å². The summed E-state index contributed by atoms with van der Waals surface area (Å²) < 4.78 is 25.0. The number of thiophene rings is 1. The maximum atomic E-state index is 12.4. The topological polar surface area (TPSA) is 104 Å². The van der Waals surface area contributed by atoms with Crippen LogP contribution in [0.5, 0.6) is 0 Å². The van der Waals surface area contributed by atoms with E-state index in [1.54, 1.807) is 6.08 Å². The van der Waals surface area contributed by atoms with Crippen LogP contribution >= 0.6 is 23.1 Å². The van der Waals surface area contributed by atoms with E-state index < -0.39 is 22.0 Å². The van der Waals surface area contributed by atoms with Crippen molar-refractivity contribution in [1.29, 1.82) is 0 Å². The SMILES string of the molecule is CS(=O)(=O)N1CCCCC1C(=O)NCCN1C(=O)S/C(=C/c2cccs2)C1=O. The van der Waals surface area contributed by atoms with Crippen molar-refractivity contribution in [2.45, 2.75) is 25.3 Å². The molecule has 2 aliphatic heterocycles. The first-order valence-electron chi connectivity index (χ1n) is 8.81. The third-order valence-electron chi connectivity index (χ3n) is 4.51. The summed E-state index contributed by atoms with van der Waals surface area (Å²) in [6, 6.07) is 2.98. The van der Waals surface area contributed by atoms with Crippen molar-refractivity contribution >= 4 is 56.3 Å². The van der Waals surface area contributed by atoms with E-state index in [2.05, 4.69) is 5.32 Å². The highest BCUT2D eigenvalue weighted by Crippen LogP contribution is 2.32. The maximum absolute atomic E-state index is 12.4. The Morgan fingerprint density at radius 1 is 1.36 bits per heavy atom. The molecule has 1 atom stereocenters. The van der Waals surface area contributed by atoms with Crippen molar-refractivity contribution in [1.82, 2.24) is 14.5 Å². The van der Waals surface area contributed by atoms with Crippen LogP contribution in [0.3, 0.4) is 0 Å². The number of nitrogens with zero attached hydrogens (tertiary/aromatic N) is 2. The monoisotopic (exact) mass is 443 g/mol. The van der Waals surface area contributed by atoms with Crippen LogP contribution in [0.2, 0.25) is 0 Å². The van der Waals surface area contributed by atoms with Gasteiger partial charge in [0.1, 0.15) is 6.04 Å². The molecule has 152 valence electrons. The summed E-state index contributed by atoms with van der Waals surface area (Å²) in [5.74, 6) is -0.778. The van der Waals surface area contributed by atoms with E-state index in [-0.39, 0.29) is 24.2 Å². The van der Waals surface area contributed by atoms with Crippen molar-refractivity contribution in [3.05, 3.63) is 27.3 Å².